The lowest BCUT2D eigenvalue weighted by atomic mass is 10.1. The molecule has 0 aliphatic rings. The fourth-order valence-electron chi connectivity index (χ4n) is 2.49. The van der Waals surface area contributed by atoms with Gasteiger partial charge in [-0.05, 0) is 71.8 Å². The van der Waals surface area contributed by atoms with Gasteiger partial charge in [0.2, 0.25) is 10.6 Å². The van der Waals surface area contributed by atoms with Gasteiger partial charge in [-0.25, -0.2) is 5.10 Å². The SMILES string of the molecule is COc1ccc(/C=N/n2c(C(F)(F)Cl)n[nH]c2=S)cc1COc1ccc(C#N)cc1. The number of rotatable bonds is 7. The number of hydrogen-bond acceptors (Lipinski definition) is 6. The van der Waals surface area contributed by atoms with Gasteiger partial charge in [0.05, 0.1) is 25.0 Å². The molecule has 3 rings (SSSR count). The summed E-state index contributed by atoms with van der Waals surface area (Å²) in [6, 6.07) is 13.8. The number of benzene rings is 2. The smallest absolute Gasteiger partial charge is 0.383 e. The number of nitrogens with zero attached hydrogens (tertiary/aromatic N) is 4. The van der Waals surface area contributed by atoms with Crippen LogP contribution in [-0.2, 0) is 12.0 Å². The van der Waals surface area contributed by atoms with E-state index in [1.807, 2.05) is 6.07 Å². The maximum absolute atomic E-state index is 13.4. The van der Waals surface area contributed by atoms with Gasteiger partial charge in [0.25, 0.3) is 0 Å². The van der Waals surface area contributed by atoms with Crippen molar-refractivity contribution >= 4 is 30.0 Å². The Morgan fingerprint density at radius 3 is 2.70 bits per heavy atom. The molecule has 0 atom stereocenters. The van der Waals surface area contributed by atoms with Gasteiger partial charge >= 0.3 is 5.38 Å². The van der Waals surface area contributed by atoms with Gasteiger partial charge in [-0.15, -0.1) is 5.10 Å². The Hall–Kier alpha value is -3.29. The Morgan fingerprint density at radius 1 is 1.33 bits per heavy atom. The van der Waals surface area contributed by atoms with Crippen LogP contribution in [0.3, 0.4) is 0 Å². The van der Waals surface area contributed by atoms with E-state index in [1.54, 1.807) is 42.5 Å². The first-order valence-corrected chi connectivity index (χ1v) is 9.19. The second-order valence-electron chi connectivity index (χ2n) is 5.90. The summed E-state index contributed by atoms with van der Waals surface area (Å²) in [5.74, 6) is 0.339. The molecule has 0 radical (unpaired) electrons. The Bertz CT molecular complexity index is 1160. The van der Waals surface area contributed by atoms with Crippen LogP contribution in [0.4, 0.5) is 8.78 Å². The number of alkyl halides is 3. The van der Waals surface area contributed by atoms with E-state index in [9.17, 15) is 8.78 Å². The van der Waals surface area contributed by atoms with Gasteiger partial charge in [-0.1, -0.05) is 0 Å². The number of hydrogen-bond donors (Lipinski definition) is 1. The number of H-pyrrole nitrogens is 1. The second kappa shape index (κ2) is 9.02. The Balaban J connectivity index is 1.82. The van der Waals surface area contributed by atoms with Crippen molar-refractivity contribution in [3.05, 3.63) is 69.8 Å². The van der Waals surface area contributed by atoms with Crippen LogP contribution in [0.15, 0.2) is 47.6 Å². The first-order chi connectivity index (χ1) is 14.3. The summed E-state index contributed by atoms with van der Waals surface area (Å²) in [6.45, 7) is 0.174. The number of aromatic nitrogens is 3. The molecule has 0 amide bonds. The van der Waals surface area contributed by atoms with Crippen LogP contribution < -0.4 is 9.47 Å². The third kappa shape index (κ3) is 5.00. The van der Waals surface area contributed by atoms with E-state index < -0.39 is 11.2 Å². The Labute approximate surface area is 180 Å². The normalized spacial score (nSPS) is 11.4. The molecular formula is C19H14ClF2N5O2S. The molecular weight excluding hydrogens is 436 g/mol. The van der Waals surface area contributed by atoms with Crippen LogP contribution in [0.1, 0.15) is 22.5 Å². The summed E-state index contributed by atoms with van der Waals surface area (Å²) in [5, 5.41) is 14.7. The van der Waals surface area contributed by atoms with Crippen molar-refractivity contribution in [2.75, 3.05) is 7.11 Å². The predicted molar refractivity (Wildman–Crippen MR) is 109 cm³/mol. The number of ether oxygens (including phenoxy) is 2. The predicted octanol–water partition coefficient (Wildman–Crippen LogP) is 4.57. The topological polar surface area (TPSA) is 88.2 Å². The molecule has 0 saturated carbocycles. The van der Waals surface area contributed by atoms with Crippen molar-refractivity contribution in [1.82, 2.24) is 14.9 Å². The number of halogens is 3. The lowest BCUT2D eigenvalue weighted by Gasteiger charge is -2.11. The zero-order chi connectivity index (χ0) is 21.7. The fraction of sp³-hybridized carbons (Fsp3) is 0.158. The minimum Gasteiger partial charge on any atom is -0.496 e. The molecule has 0 aliphatic carbocycles. The zero-order valence-corrected chi connectivity index (χ0v) is 17.0. The zero-order valence-electron chi connectivity index (χ0n) is 15.5. The molecule has 0 saturated heterocycles. The van der Waals surface area contributed by atoms with Gasteiger partial charge in [-0.2, -0.15) is 23.8 Å². The van der Waals surface area contributed by atoms with Gasteiger partial charge in [0, 0.05) is 5.56 Å². The maximum Gasteiger partial charge on any atom is 0.383 e. The Morgan fingerprint density at radius 2 is 2.07 bits per heavy atom. The molecule has 0 fully saturated rings. The van der Waals surface area contributed by atoms with Crippen molar-refractivity contribution in [2.45, 2.75) is 12.0 Å². The van der Waals surface area contributed by atoms with Gasteiger partial charge in [0.1, 0.15) is 18.1 Å². The summed E-state index contributed by atoms with van der Waals surface area (Å²) in [7, 11) is 1.52. The summed E-state index contributed by atoms with van der Waals surface area (Å²) in [5.41, 5.74) is 1.81. The third-order valence-electron chi connectivity index (χ3n) is 3.91. The third-order valence-corrected chi connectivity index (χ3v) is 4.34. The van der Waals surface area contributed by atoms with E-state index in [4.69, 9.17) is 38.6 Å². The van der Waals surface area contributed by atoms with Gasteiger partial charge < -0.3 is 9.47 Å². The molecule has 2 aromatic carbocycles. The first-order valence-electron chi connectivity index (χ1n) is 8.40. The van der Waals surface area contributed by atoms with E-state index in [2.05, 4.69) is 15.3 Å². The van der Waals surface area contributed by atoms with Crippen LogP contribution in [0.5, 0.6) is 11.5 Å². The van der Waals surface area contributed by atoms with Crippen molar-refractivity contribution in [3.8, 4) is 17.6 Å². The molecule has 1 heterocycles. The monoisotopic (exact) mass is 449 g/mol. The van der Waals surface area contributed by atoms with Crippen LogP contribution >= 0.6 is 23.8 Å². The van der Waals surface area contributed by atoms with Crippen LogP contribution in [0, 0.1) is 16.1 Å². The molecule has 1 N–H and O–H groups in total. The van der Waals surface area contributed by atoms with E-state index in [0.29, 0.717) is 28.2 Å². The number of methoxy groups -OCH3 is 1. The molecule has 1 aromatic heterocycles. The van der Waals surface area contributed by atoms with Crippen molar-refractivity contribution in [3.63, 3.8) is 0 Å². The molecule has 154 valence electrons. The highest BCUT2D eigenvalue weighted by Crippen LogP contribution is 2.30. The highest BCUT2D eigenvalue weighted by atomic mass is 35.5. The summed E-state index contributed by atoms with van der Waals surface area (Å²) in [4.78, 5) is 0. The standard InChI is InChI=1S/C19H14ClF2N5O2S/c1-28-16-7-4-13(10-24-27-17(19(20,21)22)25-26-18(27)30)8-14(16)11-29-15-5-2-12(9-23)3-6-15/h2-8,10H,11H2,1H3,(H,26,30)/b24-10+. The number of aromatic amines is 1. The summed E-state index contributed by atoms with van der Waals surface area (Å²) >= 11 is 9.95. The summed E-state index contributed by atoms with van der Waals surface area (Å²) in [6.07, 6.45) is 1.34. The van der Waals surface area contributed by atoms with Crippen LogP contribution in [-0.4, -0.2) is 28.2 Å². The van der Waals surface area contributed by atoms with Crippen molar-refractivity contribution < 1.29 is 18.3 Å². The fourth-order valence-corrected chi connectivity index (χ4v) is 2.79. The quantitative estimate of drug-likeness (QED) is 0.324. The highest BCUT2D eigenvalue weighted by Gasteiger charge is 2.35. The molecule has 0 aliphatic heterocycles. The summed E-state index contributed by atoms with van der Waals surface area (Å²) < 4.78 is 38.5. The van der Waals surface area contributed by atoms with Crippen molar-refractivity contribution in [2.24, 2.45) is 5.10 Å². The van der Waals surface area contributed by atoms with Gasteiger partial charge in [0.15, 0.2) is 0 Å². The van der Waals surface area contributed by atoms with Crippen LogP contribution in [0.2, 0.25) is 0 Å². The molecule has 0 spiro atoms. The number of nitrogens with one attached hydrogen (secondary N) is 1. The van der Waals surface area contributed by atoms with Crippen molar-refractivity contribution in [1.29, 1.82) is 5.26 Å². The highest BCUT2D eigenvalue weighted by molar-refractivity contribution is 7.71. The number of nitriles is 1. The van der Waals surface area contributed by atoms with Gasteiger partial charge in [-0.3, -0.25) is 0 Å². The molecule has 3 aromatic rings. The minimum atomic E-state index is -3.73. The first kappa shape index (κ1) is 21.4. The van der Waals surface area contributed by atoms with E-state index in [0.717, 1.165) is 4.68 Å². The molecule has 0 unspecified atom stereocenters. The van der Waals surface area contributed by atoms with E-state index in [1.165, 1.54) is 13.3 Å². The average Bonchev–Trinajstić information content (AvgIpc) is 3.12. The molecule has 0 bridgehead atoms. The second-order valence-corrected chi connectivity index (χ2v) is 6.76. The lowest BCUT2D eigenvalue weighted by molar-refractivity contribution is 0.0805. The minimum absolute atomic E-state index is 0.126. The van der Waals surface area contributed by atoms with Crippen LogP contribution in [0.25, 0.3) is 0 Å². The lowest BCUT2D eigenvalue weighted by Crippen LogP contribution is -2.11. The van der Waals surface area contributed by atoms with E-state index >= 15 is 0 Å². The molecule has 11 heteroatoms. The largest absolute Gasteiger partial charge is 0.496 e. The molecule has 30 heavy (non-hydrogen) atoms. The average molecular weight is 450 g/mol. The molecule has 7 nitrogen and oxygen atoms in total. The Kier molecular flexibility index (Phi) is 6.44. The van der Waals surface area contributed by atoms with E-state index in [-0.39, 0.29) is 11.4 Å². The maximum atomic E-state index is 13.4.